The summed E-state index contributed by atoms with van der Waals surface area (Å²) in [5, 5.41) is 21.8. The third-order valence-electron chi connectivity index (χ3n) is 1.92. The highest BCUT2D eigenvalue weighted by atomic mass is 16.3. The molecule has 12 heavy (non-hydrogen) atoms. The highest BCUT2D eigenvalue weighted by Gasteiger charge is 2.12. The standard InChI is InChI=1S/C8H11N3O/c1-6-7(5-10-11(6)2)8(12)3-4-9/h5,8,12H,3H2,1-2H3. The molecule has 1 atom stereocenters. The molecule has 0 saturated carbocycles. The summed E-state index contributed by atoms with van der Waals surface area (Å²) >= 11 is 0. The second kappa shape index (κ2) is 3.37. The van der Waals surface area contributed by atoms with Crippen molar-refractivity contribution in [2.24, 2.45) is 7.05 Å². The van der Waals surface area contributed by atoms with E-state index in [1.54, 1.807) is 17.9 Å². The van der Waals surface area contributed by atoms with Gasteiger partial charge in [-0.25, -0.2) is 0 Å². The van der Waals surface area contributed by atoms with E-state index in [1.807, 2.05) is 13.0 Å². The number of aromatic nitrogens is 2. The maximum atomic E-state index is 9.44. The highest BCUT2D eigenvalue weighted by Crippen LogP contribution is 2.18. The average molecular weight is 165 g/mol. The number of aliphatic hydroxyl groups is 1. The Bertz CT molecular complexity index is 311. The maximum absolute atomic E-state index is 9.44. The van der Waals surface area contributed by atoms with Crippen molar-refractivity contribution in [3.8, 4) is 6.07 Å². The monoisotopic (exact) mass is 165 g/mol. The summed E-state index contributed by atoms with van der Waals surface area (Å²) in [6.45, 7) is 1.86. The van der Waals surface area contributed by atoms with Gasteiger partial charge in [0.05, 0.1) is 24.8 Å². The summed E-state index contributed by atoms with van der Waals surface area (Å²) in [6, 6.07) is 1.92. The Balaban J connectivity index is 2.89. The first kappa shape index (κ1) is 8.75. The van der Waals surface area contributed by atoms with Gasteiger partial charge in [-0.3, -0.25) is 4.68 Å². The molecule has 0 saturated heterocycles. The molecule has 0 radical (unpaired) electrons. The van der Waals surface area contributed by atoms with Crippen LogP contribution in [0, 0.1) is 18.3 Å². The molecule has 64 valence electrons. The highest BCUT2D eigenvalue weighted by molar-refractivity contribution is 5.19. The zero-order valence-corrected chi connectivity index (χ0v) is 7.15. The predicted molar refractivity (Wildman–Crippen MR) is 43.1 cm³/mol. The summed E-state index contributed by atoms with van der Waals surface area (Å²) in [5.74, 6) is 0. The second-order valence-corrected chi connectivity index (χ2v) is 2.69. The molecule has 0 aliphatic carbocycles. The predicted octanol–water partition coefficient (Wildman–Crippen LogP) is 0.676. The van der Waals surface area contributed by atoms with E-state index in [-0.39, 0.29) is 6.42 Å². The van der Waals surface area contributed by atoms with Crippen LogP contribution >= 0.6 is 0 Å². The molecule has 0 aliphatic rings. The van der Waals surface area contributed by atoms with Crippen LogP contribution in [0.4, 0.5) is 0 Å². The molecule has 1 aromatic heterocycles. The lowest BCUT2D eigenvalue weighted by Crippen LogP contribution is -1.99. The number of rotatable bonds is 2. The molecular formula is C8H11N3O. The van der Waals surface area contributed by atoms with E-state index < -0.39 is 6.10 Å². The second-order valence-electron chi connectivity index (χ2n) is 2.69. The van der Waals surface area contributed by atoms with Crippen molar-refractivity contribution in [2.75, 3.05) is 0 Å². The summed E-state index contributed by atoms with van der Waals surface area (Å²) < 4.78 is 1.68. The number of hydrogen-bond acceptors (Lipinski definition) is 3. The SMILES string of the molecule is Cc1c(C(O)CC#N)cnn1C. The van der Waals surface area contributed by atoms with E-state index in [4.69, 9.17) is 5.26 Å². The zero-order chi connectivity index (χ0) is 9.14. The number of aryl methyl sites for hydroxylation is 1. The molecule has 4 heteroatoms. The summed E-state index contributed by atoms with van der Waals surface area (Å²) in [4.78, 5) is 0. The normalized spacial score (nSPS) is 12.5. The van der Waals surface area contributed by atoms with Gasteiger partial charge in [0, 0.05) is 18.3 Å². The smallest absolute Gasteiger partial charge is 0.0952 e. The minimum atomic E-state index is -0.705. The first-order valence-electron chi connectivity index (χ1n) is 3.70. The van der Waals surface area contributed by atoms with Crippen LogP contribution in [0.5, 0.6) is 0 Å². The van der Waals surface area contributed by atoms with Gasteiger partial charge in [-0.15, -0.1) is 0 Å². The van der Waals surface area contributed by atoms with Crippen LogP contribution in [0.1, 0.15) is 23.8 Å². The molecule has 1 N–H and O–H groups in total. The van der Waals surface area contributed by atoms with Crippen molar-refractivity contribution in [1.29, 1.82) is 5.26 Å². The average Bonchev–Trinajstić information content (AvgIpc) is 2.34. The Kier molecular flexibility index (Phi) is 2.46. The fraction of sp³-hybridized carbons (Fsp3) is 0.500. The Morgan fingerprint density at radius 3 is 2.92 bits per heavy atom. The van der Waals surface area contributed by atoms with E-state index in [0.717, 1.165) is 11.3 Å². The molecular weight excluding hydrogens is 154 g/mol. The largest absolute Gasteiger partial charge is 0.387 e. The summed E-state index contributed by atoms with van der Waals surface area (Å²) in [7, 11) is 1.80. The van der Waals surface area contributed by atoms with Crippen LogP contribution in [-0.4, -0.2) is 14.9 Å². The molecule has 0 aliphatic heterocycles. The quantitative estimate of drug-likeness (QED) is 0.700. The fourth-order valence-electron chi connectivity index (χ4n) is 1.04. The van der Waals surface area contributed by atoms with E-state index in [0.29, 0.717) is 0 Å². The minimum absolute atomic E-state index is 0.118. The van der Waals surface area contributed by atoms with Gasteiger partial charge in [0.15, 0.2) is 0 Å². The van der Waals surface area contributed by atoms with Gasteiger partial charge in [0.25, 0.3) is 0 Å². The van der Waals surface area contributed by atoms with E-state index in [1.165, 1.54) is 0 Å². The van der Waals surface area contributed by atoms with Gasteiger partial charge >= 0.3 is 0 Å². The van der Waals surface area contributed by atoms with Crippen molar-refractivity contribution >= 4 is 0 Å². The molecule has 1 unspecified atom stereocenters. The van der Waals surface area contributed by atoms with Gasteiger partial charge in [-0.1, -0.05) is 0 Å². The number of hydrogen-bond donors (Lipinski definition) is 1. The topological polar surface area (TPSA) is 61.8 Å². The summed E-state index contributed by atoms with van der Waals surface area (Å²) in [5.41, 5.74) is 1.64. The van der Waals surface area contributed by atoms with Crippen molar-refractivity contribution in [3.63, 3.8) is 0 Å². The van der Waals surface area contributed by atoms with Gasteiger partial charge in [0.2, 0.25) is 0 Å². The maximum Gasteiger partial charge on any atom is 0.0952 e. The molecule has 0 bridgehead atoms. The van der Waals surface area contributed by atoms with Gasteiger partial charge in [0.1, 0.15) is 0 Å². The first-order chi connectivity index (χ1) is 5.66. The lowest BCUT2D eigenvalue weighted by atomic mass is 10.1. The molecule has 0 spiro atoms. The third-order valence-corrected chi connectivity index (χ3v) is 1.92. The van der Waals surface area contributed by atoms with Gasteiger partial charge < -0.3 is 5.11 Å². The molecule has 1 aromatic rings. The fourth-order valence-corrected chi connectivity index (χ4v) is 1.04. The lowest BCUT2D eigenvalue weighted by molar-refractivity contribution is 0.182. The van der Waals surface area contributed by atoms with Crippen molar-refractivity contribution < 1.29 is 5.11 Å². The molecule has 0 amide bonds. The van der Waals surface area contributed by atoms with Gasteiger partial charge in [-0.2, -0.15) is 10.4 Å². The first-order valence-corrected chi connectivity index (χ1v) is 3.70. The molecule has 1 heterocycles. The van der Waals surface area contributed by atoms with Crippen molar-refractivity contribution in [2.45, 2.75) is 19.4 Å². The van der Waals surface area contributed by atoms with Crippen LogP contribution in [0.2, 0.25) is 0 Å². The molecule has 0 fully saturated rings. The van der Waals surface area contributed by atoms with Crippen LogP contribution in [-0.2, 0) is 7.05 Å². The minimum Gasteiger partial charge on any atom is -0.387 e. The Labute approximate surface area is 71.1 Å². The summed E-state index contributed by atoms with van der Waals surface area (Å²) in [6.07, 6.45) is 1.01. The number of nitrogens with zero attached hydrogens (tertiary/aromatic N) is 3. The Morgan fingerprint density at radius 1 is 1.83 bits per heavy atom. The van der Waals surface area contributed by atoms with Crippen molar-refractivity contribution in [1.82, 2.24) is 9.78 Å². The molecule has 0 aromatic carbocycles. The lowest BCUT2D eigenvalue weighted by Gasteiger charge is -2.04. The number of nitriles is 1. The van der Waals surface area contributed by atoms with Crippen molar-refractivity contribution in [3.05, 3.63) is 17.5 Å². The Hall–Kier alpha value is -1.34. The van der Waals surface area contributed by atoms with E-state index >= 15 is 0 Å². The third kappa shape index (κ3) is 1.46. The number of aliphatic hydroxyl groups excluding tert-OH is 1. The van der Waals surface area contributed by atoms with Crippen LogP contribution in [0.3, 0.4) is 0 Å². The van der Waals surface area contributed by atoms with Gasteiger partial charge in [-0.05, 0) is 6.92 Å². The van der Waals surface area contributed by atoms with E-state index in [9.17, 15) is 5.11 Å². The van der Waals surface area contributed by atoms with Crippen LogP contribution in [0.25, 0.3) is 0 Å². The van der Waals surface area contributed by atoms with E-state index in [2.05, 4.69) is 5.10 Å². The molecule has 4 nitrogen and oxygen atoms in total. The van der Waals surface area contributed by atoms with Crippen LogP contribution < -0.4 is 0 Å². The molecule has 1 rings (SSSR count). The zero-order valence-electron chi connectivity index (χ0n) is 7.15. The van der Waals surface area contributed by atoms with Crippen LogP contribution in [0.15, 0.2) is 6.20 Å². The Morgan fingerprint density at radius 2 is 2.50 bits per heavy atom.